The Bertz CT molecular complexity index is 545. The van der Waals surface area contributed by atoms with Crippen molar-refractivity contribution < 1.29 is 14.4 Å². The molecular formula is C14H18BrN3O3. The lowest BCUT2D eigenvalue weighted by molar-refractivity contribution is 0.106. The highest BCUT2D eigenvalue weighted by Gasteiger charge is 2.06. The second kappa shape index (κ2) is 8.11. The second-order valence-corrected chi connectivity index (χ2v) is 5.52. The summed E-state index contributed by atoms with van der Waals surface area (Å²) in [5.74, 6) is 1.97. The molecule has 1 aromatic heterocycles. The van der Waals surface area contributed by atoms with Gasteiger partial charge in [0.05, 0.1) is 0 Å². The molecule has 7 heteroatoms. The average molecular weight is 356 g/mol. The molecule has 0 fully saturated rings. The Kier molecular flexibility index (Phi) is 6.16. The predicted molar refractivity (Wildman–Crippen MR) is 81.3 cm³/mol. The fraction of sp³-hybridized carbons (Fsp3) is 0.429. The standard InChI is InChI=1S/C14H18BrN3O3/c1-10-17-14(18-21-10)6-7-16-8-12(19)9-20-13-4-2-11(15)3-5-13/h2-5,12,16,19H,6-9H2,1H3. The second-order valence-electron chi connectivity index (χ2n) is 4.60. The summed E-state index contributed by atoms with van der Waals surface area (Å²) in [6.45, 7) is 3.13. The van der Waals surface area contributed by atoms with Crippen LogP contribution in [0.1, 0.15) is 11.7 Å². The number of nitrogens with zero attached hydrogens (tertiary/aromatic N) is 2. The number of rotatable bonds is 8. The van der Waals surface area contributed by atoms with E-state index in [1.54, 1.807) is 6.92 Å². The third kappa shape index (κ3) is 5.82. The van der Waals surface area contributed by atoms with Gasteiger partial charge in [0.15, 0.2) is 5.82 Å². The van der Waals surface area contributed by atoms with E-state index in [9.17, 15) is 5.11 Å². The zero-order valence-corrected chi connectivity index (χ0v) is 13.3. The molecule has 1 heterocycles. The molecule has 0 saturated heterocycles. The Balaban J connectivity index is 1.59. The molecule has 0 radical (unpaired) electrons. The quantitative estimate of drug-likeness (QED) is 0.701. The van der Waals surface area contributed by atoms with Gasteiger partial charge in [-0.05, 0) is 24.3 Å². The largest absolute Gasteiger partial charge is 0.491 e. The van der Waals surface area contributed by atoms with Gasteiger partial charge in [-0.25, -0.2) is 0 Å². The van der Waals surface area contributed by atoms with Crippen LogP contribution in [0.15, 0.2) is 33.3 Å². The van der Waals surface area contributed by atoms with E-state index < -0.39 is 6.10 Å². The molecule has 0 amide bonds. The van der Waals surface area contributed by atoms with E-state index in [0.29, 0.717) is 31.2 Å². The molecule has 0 aliphatic carbocycles. The van der Waals surface area contributed by atoms with E-state index in [1.807, 2.05) is 24.3 Å². The number of nitrogens with one attached hydrogen (secondary N) is 1. The first kappa shape index (κ1) is 15.9. The van der Waals surface area contributed by atoms with Crippen LogP contribution in [0.25, 0.3) is 0 Å². The maximum Gasteiger partial charge on any atom is 0.223 e. The van der Waals surface area contributed by atoms with Crippen molar-refractivity contribution in [3.63, 3.8) is 0 Å². The van der Waals surface area contributed by atoms with Gasteiger partial charge >= 0.3 is 0 Å². The molecule has 2 aromatic rings. The summed E-state index contributed by atoms with van der Waals surface area (Å²) < 4.78 is 11.4. The summed E-state index contributed by atoms with van der Waals surface area (Å²) in [5.41, 5.74) is 0. The van der Waals surface area contributed by atoms with Gasteiger partial charge in [-0.1, -0.05) is 21.1 Å². The normalized spacial score (nSPS) is 12.3. The van der Waals surface area contributed by atoms with Crippen molar-refractivity contribution in [3.05, 3.63) is 40.5 Å². The Labute approximate surface area is 131 Å². The van der Waals surface area contributed by atoms with Gasteiger partial charge < -0.3 is 19.7 Å². The Morgan fingerprint density at radius 2 is 2.14 bits per heavy atom. The number of aliphatic hydroxyl groups excluding tert-OH is 1. The number of hydrogen-bond acceptors (Lipinski definition) is 6. The zero-order chi connectivity index (χ0) is 15.1. The lowest BCUT2D eigenvalue weighted by atomic mass is 10.3. The van der Waals surface area contributed by atoms with Gasteiger partial charge in [0.1, 0.15) is 18.5 Å². The van der Waals surface area contributed by atoms with Gasteiger partial charge in [0.25, 0.3) is 0 Å². The first-order valence-electron chi connectivity index (χ1n) is 6.70. The Morgan fingerprint density at radius 3 is 2.81 bits per heavy atom. The van der Waals surface area contributed by atoms with Crippen LogP contribution in [0.4, 0.5) is 0 Å². The monoisotopic (exact) mass is 355 g/mol. The Hall–Kier alpha value is -1.44. The van der Waals surface area contributed by atoms with E-state index >= 15 is 0 Å². The lowest BCUT2D eigenvalue weighted by Crippen LogP contribution is -2.32. The van der Waals surface area contributed by atoms with Gasteiger partial charge in [-0.15, -0.1) is 0 Å². The third-order valence-electron chi connectivity index (χ3n) is 2.73. The number of aromatic nitrogens is 2. The molecule has 0 spiro atoms. The van der Waals surface area contributed by atoms with Crippen molar-refractivity contribution in [2.45, 2.75) is 19.4 Å². The lowest BCUT2D eigenvalue weighted by Gasteiger charge is -2.13. The summed E-state index contributed by atoms with van der Waals surface area (Å²) in [4.78, 5) is 4.10. The number of halogens is 1. The molecule has 2 rings (SSSR count). The molecule has 0 bridgehead atoms. The molecule has 0 aliphatic rings. The third-order valence-corrected chi connectivity index (χ3v) is 3.26. The molecule has 0 saturated carbocycles. The number of aliphatic hydroxyl groups is 1. The topological polar surface area (TPSA) is 80.4 Å². The molecule has 2 N–H and O–H groups in total. The van der Waals surface area contributed by atoms with Crippen molar-refractivity contribution in [2.75, 3.05) is 19.7 Å². The smallest absolute Gasteiger partial charge is 0.223 e. The summed E-state index contributed by atoms with van der Waals surface area (Å²) in [6, 6.07) is 7.49. The van der Waals surface area contributed by atoms with Crippen LogP contribution in [-0.2, 0) is 6.42 Å². The number of benzene rings is 1. The maximum absolute atomic E-state index is 9.82. The number of ether oxygens (including phenoxy) is 1. The highest BCUT2D eigenvalue weighted by atomic mass is 79.9. The number of aryl methyl sites for hydroxylation is 1. The maximum atomic E-state index is 9.82. The van der Waals surface area contributed by atoms with E-state index in [4.69, 9.17) is 9.26 Å². The number of hydrogen-bond donors (Lipinski definition) is 2. The first-order chi connectivity index (χ1) is 10.1. The van der Waals surface area contributed by atoms with E-state index in [1.165, 1.54) is 0 Å². The van der Waals surface area contributed by atoms with E-state index in [-0.39, 0.29) is 6.61 Å². The van der Waals surface area contributed by atoms with Crippen LogP contribution in [-0.4, -0.2) is 41.0 Å². The Morgan fingerprint density at radius 1 is 1.38 bits per heavy atom. The SMILES string of the molecule is Cc1nc(CCNCC(O)COc2ccc(Br)cc2)no1. The summed E-state index contributed by atoms with van der Waals surface area (Å²) >= 11 is 3.36. The molecule has 1 aromatic carbocycles. The fourth-order valence-corrected chi connectivity index (χ4v) is 1.96. The van der Waals surface area contributed by atoms with Crippen LogP contribution >= 0.6 is 15.9 Å². The van der Waals surface area contributed by atoms with Gasteiger partial charge in [0.2, 0.25) is 5.89 Å². The molecule has 21 heavy (non-hydrogen) atoms. The van der Waals surface area contributed by atoms with Crippen molar-refractivity contribution in [1.29, 1.82) is 0 Å². The van der Waals surface area contributed by atoms with E-state index in [0.717, 1.165) is 10.2 Å². The summed E-state index contributed by atoms with van der Waals surface area (Å²) in [7, 11) is 0. The van der Waals surface area contributed by atoms with Crippen LogP contribution < -0.4 is 10.1 Å². The van der Waals surface area contributed by atoms with Crippen LogP contribution in [0, 0.1) is 6.92 Å². The van der Waals surface area contributed by atoms with Crippen molar-refractivity contribution >= 4 is 15.9 Å². The minimum atomic E-state index is -0.569. The minimum absolute atomic E-state index is 0.246. The molecule has 1 unspecified atom stereocenters. The molecule has 0 aliphatic heterocycles. The predicted octanol–water partition coefficient (Wildman–Crippen LogP) is 1.71. The minimum Gasteiger partial charge on any atom is -0.491 e. The van der Waals surface area contributed by atoms with Crippen molar-refractivity contribution in [3.8, 4) is 5.75 Å². The fourth-order valence-electron chi connectivity index (χ4n) is 1.69. The summed E-state index contributed by atoms with van der Waals surface area (Å²) in [6.07, 6.45) is 0.0955. The highest BCUT2D eigenvalue weighted by molar-refractivity contribution is 9.10. The van der Waals surface area contributed by atoms with Crippen LogP contribution in [0.5, 0.6) is 5.75 Å². The van der Waals surface area contributed by atoms with Crippen molar-refractivity contribution in [1.82, 2.24) is 15.5 Å². The highest BCUT2D eigenvalue weighted by Crippen LogP contribution is 2.16. The van der Waals surface area contributed by atoms with Gasteiger partial charge in [-0.3, -0.25) is 0 Å². The van der Waals surface area contributed by atoms with E-state index in [2.05, 4.69) is 31.4 Å². The first-order valence-corrected chi connectivity index (χ1v) is 7.49. The molecule has 6 nitrogen and oxygen atoms in total. The molecule has 114 valence electrons. The molecular weight excluding hydrogens is 338 g/mol. The van der Waals surface area contributed by atoms with Crippen molar-refractivity contribution in [2.24, 2.45) is 0 Å². The molecule has 1 atom stereocenters. The average Bonchev–Trinajstić information content (AvgIpc) is 2.89. The van der Waals surface area contributed by atoms with Crippen LogP contribution in [0.3, 0.4) is 0 Å². The van der Waals surface area contributed by atoms with Gasteiger partial charge in [0, 0.05) is 30.9 Å². The van der Waals surface area contributed by atoms with Gasteiger partial charge in [-0.2, -0.15) is 4.98 Å². The van der Waals surface area contributed by atoms with Crippen LogP contribution in [0.2, 0.25) is 0 Å². The summed E-state index contributed by atoms with van der Waals surface area (Å²) in [5, 5.41) is 16.7. The zero-order valence-electron chi connectivity index (χ0n) is 11.8.